The van der Waals surface area contributed by atoms with Crippen molar-refractivity contribution in [3.8, 4) is 11.4 Å². The number of carbonyl (C=O) groups excluding carboxylic acids is 1. The van der Waals surface area contributed by atoms with E-state index in [9.17, 15) is 4.79 Å². The van der Waals surface area contributed by atoms with Crippen molar-refractivity contribution in [2.45, 2.75) is 25.9 Å². The summed E-state index contributed by atoms with van der Waals surface area (Å²) in [4.78, 5) is 20.8. The first kappa shape index (κ1) is 21.8. The number of fused-ring (bicyclic) bond motifs is 1. The van der Waals surface area contributed by atoms with Crippen LogP contribution in [0.25, 0.3) is 11.4 Å². The van der Waals surface area contributed by atoms with Crippen molar-refractivity contribution in [2.24, 2.45) is 7.05 Å². The number of Topliss-reactive ketones (excluding diaryl/α,β-unsaturated/α-hetero) is 1. The van der Waals surface area contributed by atoms with Gasteiger partial charge in [0, 0.05) is 56.6 Å². The normalized spacial score (nSPS) is 18.8. The Labute approximate surface area is 195 Å². The number of ether oxygens (including phenoxy) is 1. The van der Waals surface area contributed by atoms with E-state index < -0.39 is 0 Å². The average Bonchev–Trinajstić information content (AvgIpc) is 3.28. The molecule has 0 N–H and O–H groups in total. The fraction of sp³-hybridized carbons (Fsp3) is 0.423. The highest BCUT2D eigenvalue weighted by Gasteiger charge is 2.24. The van der Waals surface area contributed by atoms with Crippen LogP contribution in [-0.2, 0) is 18.2 Å². The lowest BCUT2D eigenvalue weighted by atomic mass is 9.93. The summed E-state index contributed by atoms with van der Waals surface area (Å²) >= 11 is 0. The molecule has 0 spiro atoms. The Morgan fingerprint density at radius 3 is 2.58 bits per heavy atom. The summed E-state index contributed by atoms with van der Waals surface area (Å²) in [6, 6.07) is 14.6. The maximum atomic E-state index is 11.5. The van der Waals surface area contributed by atoms with Crippen molar-refractivity contribution in [3.05, 3.63) is 65.5 Å². The number of ketones is 1. The number of anilines is 1. The summed E-state index contributed by atoms with van der Waals surface area (Å²) in [5.74, 6) is 1.01. The molecular formula is C26H31N5O2. The number of nitrogens with zero attached hydrogens (tertiary/aromatic N) is 5. The quantitative estimate of drug-likeness (QED) is 0.541. The lowest BCUT2D eigenvalue weighted by Crippen LogP contribution is -2.47. The summed E-state index contributed by atoms with van der Waals surface area (Å²) in [5.41, 5.74) is 5.76. The lowest BCUT2D eigenvalue weighted by molar-refractivity contribution is 0.0289. The zero-order chi connectivity index (χ0) is 22.8. The van der Waals surface area contributed by atoms with Crippen LogP contribution in [0.3, 0.4) is 0 Å². The minimum absolute atomic E-state index is 0.114. The summed E-state index contributed by atoms with van der Waals surface area (Å²) in [7, 11) is 1.93. The Morgan fingerprint density at radius 2 is 1.88 bits per heavy atom. The largest absolute Gasteiger partial charge is 0.373 e. The molecule has 2 aromatic carbocycles. The van der Waals surface area contributed by atoms with Gasteiger partial charge in [-0.05, 0) is 61.2 Å². The van der Waals surface area contributed by atoms with E-state index in [1.165, 1.54) is 16.8 Å². The maximum Gasteiger partial charge on any atom is 0.159 e. The fourth-order valence-electron chi connectivity index (χ4n) is 4.91. The molecule has 3 heterocycles. The number of piperazine rings is 1. The number of hydrogen-bond donors (Lipinski definition) is 0. The third-order valence-corrected chi connectivity index (χ3v) is 6.87. The first-order valence-corrected chi connectivity index (χ1v) is 11.8. The minimum Gasteiger partial charge on any atom is -0.373 e. The molecule has 0 aliphatic carbocycles. The van der Waals surface area contributed by atoms with Crippen LogP contribution in [-0.4, -0.2) is 64.8 Å². The average molecular weight is 446 g/mol. The van der Waals surface area contributed by atoms with Gasteiger partial charge in [0.15, 0.2) is 11.6 Å². The van der Waals surface area contributed by atoms with Gasteiger partial charge < -0.3 is 9.64 Å². The molecule has 2 aliphatic heterocycles. The van der Waals surface area contributed by atoms with Gasteiger partial charge in [0.05, 0.1) is 12.7 Å². The second-order valence-corrected chi connectivity index (χ2v) is 8.95. The predicted molar refractivity (Wildman–Crippen MR) is 129 cm³/mol. The Bertz CT molecular complexity index is 1120. The monoisotopic (exact) mass is 445 g/mol. The highest BCUT2D eigenvalue weighted by Crippen LogP contribution is 2.32. The topological polar surface area (TPSA) is 63.5 Å². The highest BCUT2D eigenvalue weighted by molar-refractivity contribution is 5.94. The first-order valence-electron chi connectivity index (χ1n) is 11.8. The first-order chi connectivity index (χ1) is 16.1. The Morgan fingerprint density at radius 1 is 1.09 bits per heavy atom. The zero-order valence-corrected chi connectivity index (χ0v) is 19.4. The van der Waals surface area contributed by atoms with E-state index in [-0.39, 0.29) is 11.9 Å². The van der Waals surface area contributed by atoms with Crippen molar-refractivity contribution in [3.63, 3.8) is 0 Å². The van der Waals surface area contributed by atoms with Gasteiger partial charge >= 0.3 is 0 Å². The van der Waals surface area contributed by atoms with Crippen LogP contribution < -0.4 is 4.90 Å². The predicted octanol–water partition coefficient (Wildman–Crippen LogP) is 3.51. The summed E-state index contributed by atoms with van der Waals surface area (Å²) in [5, 5.41) is 4.19. The molecule has 0 bridgehead atoms. The molecule has 0 saturated carbocycles. The molecule has 7 heteroatoms. The molecule has 1 atom stereocenters. The molecule has 172 valence electrons. The maximum absolute atomic E-state index is 11.5. The summed E-state index contributed by atoms with van der Waals surface area (Å²) < 4.78 is 7.99. The molecule has 5 rings (SSSR count). The smallest absolute Gasteiger partial charge is 0.159 e. The van der Waals surface area contributed by atoms with Gasteiger partial charge in [0.25, 0.3) is 0 Å². The van der Waals surface area contributed by atoms with Crippen molar-refractivity contribution in [2.75, 3.05) is 44.2 Å². The van der Waals surface area contributed by atoms with Crippen LogP contribution >= 0.6 is 0 Å². The number of hydrogen-bond acceptors (Lipinski definition) is 6. The number of rotatable bonds is 6. The molecule has 0 radical (unpaired) electrons. The second kappa shape index (κ2) is 9.45. The van der Waals surface area contributed by atoms with Crippen molar-refractivity contribution >= 4 is 11.5 Å². The van der Waals surface area contributed by atoms with Crippen LogP contribution in [0.1, 0.15) is 40.9 Å². The molecule has 1 aromatic heterocycles. The number of aromatic nitrogens is 3. The van der Waals surface area contributed by atoms with Gasteiger partial charge in [-0.2, -0.15) is 5.10 Å². The van der Waals surface area contributed by atoms with Gasteiger partial charge in [0.2, 0.25) is 0 Å². The molecule has 7 nitrogen and oxygen atoms in total. The van der Waals surface area contributed by atoms with Gasteiger partial charge in [-0.1, -0.05) is 12.1 Å². The summed E-state index contributed by atoms with van der Waals surface area (Å²) in [6.07, 6.45) is 3.70. The number of carbonyl (C=O) groups is 1. The van der Waals surface area contributed by atoms with Crippen LogP contribution in [0.15, 0.2) is 48.8 Å². The number of benzene rings is 2. The Kier molecular flexibility index (Phi) is 6.24. The zero-order valence-electron chi connectivity index (χ0n) is 19.4. The molecule has 33 heavy (non-hydrogen) atoms. The van der Waals surface area contributed by atoms with E-state index >= 15 is 0 Å². The molecule has 3 aromatic rings. The van der Waals surface area contributed by atoms with E-state index in [0.29, 0.717) is 0 Å². The Hall–Kier alpha value is -3.03. The van der Waals surface area contributed by atoms with E-state index in [1.54, 1.807) is 13.3 Å². The highest BCUT2D eigenvalue weighted by atomic mass is 16.5. The Balaban J connectivity index is 1.17. The molecule has 1 unspecified atom stereocenters. The van der Waals surface area contributed by atoms with E-state index in [0.717, 1.165) is 69.1 Å². The number of aryl methyl sites for hydroxylation is 1. The van der Waals surface area contributed by atoms with Crippen molar-refractivity contribution < 1.29 is 9.53 Å². The van der Waals surface area contributed by atoms with Gasteiger partial charge in [-0.3, -0.25) is 9.69 Å². The summed E-state index contributed by atoms with van der Waals surface area (Å²) in [6.45, 7) is 7.50. The van der Waals surface area contributed by atoms with Gasteiger partial charge in [0.1, 0.15) is 6.33 Å². The molecule has 0 amide bonds. The second-order valence-electron chi connectivity index (χ2n) is 8.95. The molecule has 2 aliphatic rings. The molecule has 1 saturated heterocycles. The van der Waals surface area contributed by atoms with Crippen LogP contribution in [0.4, 0.5) is 5.69 Å². The minimum atomic E-state index is 0.114. The van der Waals surface area contributed by atoms with Crippen LogP contribution in [0.5, 0.6) is 0 Å². The standard InChI is InChI=1S/C26H31N5O2/c1-19(32)20-3-6-23(7-4-20)31-14-12-30(13-15-31)11-9-25-24-8-5-22(17-21(24)10-16-33-25)26-27-18-28-29(26)2/h3-8,17-18,25H,9-16H2,1-2H3. The lowest BCUT2D eigenvalue weighted by Gasteiger charge is -2.37. The van der Waals surface area contributed by atoms with E-state index in [1.807, 2.05) is 23.9 Å². The van der Waals surface area contributed by atoms with Crippen LogP contribution in [0.2, 0.25) is 0 Å². The van der Waals surface area contributed by atoms with E-state index in [4.69, 9.17) is 4.74 Å². The van der Waals surface area contributed by atoms with Crippen molar-refractivity contribution in [1.82, 2.24) is 19.7 Å². The molecule has 1 fully saturated rings. The van der Waals surface area contributed by atoms with Gasteiger partial charge in [-0.25, -0.2) is 9.67 Å². The van der Waals surface area contributed by atoms with Crippen LogP contribution in [0, 0.1) is 0 Å². The van der Waals surface area contributed by atoms with Crippen molar-refractivity contribution in [1.29, 1.82) is 0 Å². The SMILES string of the molecule is CC(=O)c1ccc(N2CCN(CCC3OCCc4cc(-c5ncnn5C)ccc43)CC2)cc1. The third kappa shape index (κ3) is 4.70. The fourth-order valence-corrected chi connectivity index (χ4v) is 4.91. The molecular weight excluding hydrogens is 414 g/mol. The van der Waals surface area contributed by atoms with Gasteiger partial charge in [-0.15, -0.1) is 0 Å². The van der Waals surface area contributed by atoms with E-state index in [2.05, 4.69) is 50.2 Å². The third-order valence-electron chi connectivity index (χ3n) is 6.87.